The smallest absolute Gasteiger partial charge is 0.123 e. The molecule has 0 aromatic heterocycles. The molecular weight excluding hydrogens is 250 g/mol. The van der Waals surface area contributed by atoms with Gasteiger partial charge in [0.05, 0.1) is 8.07 Å². The van der Waals surface area contributed by atoms with Crippen molar-refractivity contribution in [1.82, 2.24) is 0 Å². The van der Waals surface area contributed by atoms with Crippen molar-refractivity contribution in [1.29, 1.82) is 0 Å². The molecule has 1 aliphatic carbocycles. The van der Waals surface area contributed by atoms with Crippen molar-refractivity contribution in [3.8, 4) is 5.75 Å². The molecule has 1 fully saturated rings. The molecule has 0 unspecified atom stereocenters. The molecule has 0 heterocycles. The molecule has 1 aromatic carbocycles. The standard InChI is InChI=1S/C16H25NOSi/c1-12-9-13(11-17-14-7-5-6-8-14)16(18)15(10-12)19(2,3)4/h9-11,14,18H,5-8H2,1-4H3. The third-order valence-electron chi connectivity index (χ3n) is 3.84. The van der Waals surface area contributed by atoms with Crippen LogP contribution in [0.1, 0.15) is 36.8 Å². The van der Waals surface area contributed by atoms with E-state index >= 15 is 0 Å². The van der Waals surface area contributed by atoms with Gasteiger partial charge in [0.1, 0.15) is 5.75 Å². The van der Waals surface area contributed by atoms with Gasteiger partial charge in [-0.1, -0.05) is 44.1 Å². The van der Waals surface area contributed by atoms with Gasteiger partial charge in [-0.25, -0.2) is 0 Å². The lowest BCUT2D eigenvalue weighted by atomic mass is 10.1. The Hall–Kier alpha value is -1.09. The third kappa shape index (κ3) is 3.47. The topological polar surface area (TPSA) is 32.6 Å². The van der Waals surface area contributed by atoms with Gasteiger partial charge in [-0.2, -0.15) is 0 Å². The average Bonchev–Trinajstić information content (AvgIpc) is 2.81. The maximum Gasteiger partial charge on any atom is 0.123 e. The van der Waals surface area contributed by atoms with Crippen molar-refractivity contribution in [2.24, 2.45) is 4.99 Å². The molecule has 0 saturated heterocycles. The maximum absolute atomic E-state index is 10.5. The molecule has 0 bridgehead atoms. The second-order valence-electron chi connectivity index (χ2n) is 6.72. The molecule has 2 nitrogen and oxygen atoms in total. The lowest BCUT2D eigenvalue weighted by molar-refractivity contribution is 0.478. The van der Waals surface area contributed by atoms with Crippen LogP contribution in [-0.2, 0) is 0 Å². The first-order chi connectivity index (χ1) is 8.88. The van der Waals surface area contributed by atoms with Crippen molar-refractivity contribution in [3.05, 3.63) is 23.3 Å². The maximum atomic E-state index is 10.5. The number of nitrogens with zero attached hydrogens (tertiary/aromatic N) is 1. The highest BCUT2D eigenvalue weighted by Crippen LogP contribution is 2.23. The molecule has 1 aliphatic rings. The van der Waals surface area contributed by atoms with E-state index in [-0.39, 0.29) is 0 Å². The van der Waals surface area contributed by atoms with Crippen LogP contribution in [0, 0.1) is 6.92 Å². The van der Waals surface area contributed by atoms with Crippen LogP contribution in [0.3, 0.4) is 0 Å². The number of aryl methyl sites for hydroxylation is 1. The van der Waals surface area contributed by atoms with Gasteiger partial charge in [-0.05, 0) is 31.0 Å². The van der Waals surface area contributed by atoms with Crippen LogP contribution >= 0.6 is 0 Å². The van der Waals surface area contributed by atoms with Crippen LogP contribution in [0.25, 0.3) is 0 Å². The van der Waals surface area contributed by atoms with E-state index in [0.717, 1.165) is 10.8 Å². The number of phenolic OH excluding ortho intramolecular Hbond substituents is 1. The van der Waals surface area contributed by atoms with Crippen molar-refractivity contribution in [2.75, 3.05) is 0 Å². The summed E-state index contributed by atoms with van der Waals surface area (Å²) in [7, 11) is -1.51. The summed E-state index contributed by atoms with van der Waals surface area (Å²) in [5, 5.41) is 11.6. The number of phenols is 1. The number of aromatic hydroxyl groups is 1. The zero-order chi connectivity index (χ0) is 14.0. The van der Waals surface area contributed by atoms with Gasteiger partial charge >= 0.3 is 0 Å². The monoisotopic (exact) mass is 275 g/mol. The lowest BCUT2D eigenvalue weighted by Crippen LogP contribution is -2.38. The molecule has 1 N–H and O–H groups in total. The summed E-state index contributed by atoms with van der Waals surface area (Å²) in [4.78, 5) is 4.65. The van der Waals surface area contributed by atoms with Crippen molar-refractivity contribution >= 4 is 19.5 Å². The molecule has 19 heavy (non-hydrogen) atoms. The summed E-state index contributed by atoms with van der Waals surface area (Å²) in [5.74, 6) is 0.450. The quantitative estimate of drug-likeness (QED) is 0.663. The molecule has 1 aromatic rings. The summed E-state index contributed by atoms with van der Waals surface area (Å²) in [6.07, 6.45) is 6.87. The summed E-state index contributed by atoms with van der Waals surface area (Å²) >= 11 is 0. The van der Waals surface area contributed by atoms with E-state index in [2.05, 4.69) is 37.6 Å². The van der Waals surface area contributed by atoms with Gasteiger partial charge in [-0.3, -0.25) is 4.99 Å². The third-order valence-corrected chi connectivity index (χ3v) is 5.84. The first-order valence-electron chi connectivity index (χ1n) is 7.25. The lowest BCUT2D eigenvalue weighted by Gasteiger charge is -2.20. The van der Waals surface area contributed by atoms with E-state index in [1.54, 1.807) is 0 Å². The van der Waals surface area contributed by atoms with Gasteiger partial charge in [0.2, 0.25) is 0 Å². The highest BCUT2D eigenvalue weighted by molar-refractivity contribution is 6.89. The second kappa shape index (κ2) is 5.49. The fourth-order valence-corrected chi connectivity index (χ4v) is 4.23. The Morgan fingerprint density at radius 2 is 1.84 bits per heavy atom. The molecule has 104 valence electrons. The Balaban J connectivity index is 2.32. The molecule has 3 heteroatoms. The minimum Gasteiger partial charge on any atom is -0.507 e. The van der Waals surface area contributed by atoms with Gasteiger partial charge in [0, 0.05) is 17.8 Å². The van der Waals surface area contributed by atoms with E-state index in [9.17, 15) is 5.11 Å². The molecule has 0 atom stereocenters. The van der Waals surface area contributed by atoms with Crippen LogP contribution in [0.15, 0.2) is 17.1 Å². The van der Waals surface area contributed by atoms with Gasteiger partial charge in [-0.15, -0.1) is 0 Å². The predicted octanol–water partition coefficient (Wildman–Crippen LogP) is 3.61. The van der Waals surface area contributed by atoms with E-state index < -0.39 is 8.07 Å². The number of benzene rings is 1. The Bertz CT molecular complexity index is 482. The predicted molar refractivity (Wildman–Crippen MR) is 85.7 cm³/mol. The van der Waals surface area contributed by atoms with E-state index in [1.165, 1.54) is 31.2 Å². The van der Waals surface area contributed by atoms with E-state index in [1.807, 2.05) is 12.3 Å². The molecule has 1 saturated carbocycles. The van der Waals surface area contributed by atoms with E-state index in [4.69, 9.17) is 0 Å². The number of rotatable bonds is 3. The van der Waals surface area contributed by atoms with E-state index in [0.29, 0.717) is 11.8 Å². The molecule has 0 radical (unpaired) electrons. The molecule has 0 amide bonds. The molecule has 2 rings (SSSR count). The summed E-state index contributed by atoms with van der Waals surface area (Å²) in [6, 6.07) is 4.64. The molecular formula is C16H25NOSi. The first kappa shape index (κ1) is 14.3. The van der Waals surface area contributed by atoms with Crippen LogP contribution in [0.5, 0.6) is 5.75 Å². The Kier molecular flexibility index (Phi) is 4.14. The Morgan fingerprint density at radius 1 is 1.21 bits per heavy atom. The number of hydrogen-bond donors (Lipinski definition) is 1. The van der Waals surface area contributed by atoms with Crippen molar-refractivity contribution < 1.29 is 5.11 Å². The Morgan fingerprint density at radius 3 is 2.42 bits per heavy atom. The average molecular weight is 275 g/mol. The SMILES string of the molecule is Cc1cc(C=NC2CCCC2)c(O)c([Si](C)(C)C)c1. The first-order valence-corrected chi connectivity index (χ1v) is 10.7. The largest absolute Gasteiger partial charge is 0.507 e. The zero-order valence-corrected chi connectivity index (χ0v) is 13.5. The molecule has 0 spiro atoms. The minimum atomic E-state index is -1.51. The fourth-order valence-electron chi connectivity index (χ4n) is 2.72. The highest BCUT2D eigenvalue weighted by atomic mass is 28.3. The highest BCUT2D eigenvalue weighted by Gasteiger charge is 2.22. The van der Waals surface area contributed by atoms with Gasteiger partial charge in [0.15, 0.2) is 0 Å². The fraction of sp³-hybridized carbons (Fsp3) is 0.562. The normalized spacial score (nSPS) is 17.5. The second-order valence-corrected chi connectivity index (χ2v) is 11.8. The number of hydrogen-bond acceptors (Lipinski definition) is 2. The van der Waals surface area contributed by atoms with Crippen LogP contribution < -0.4 is 5.19 Å². The summed E-state index contributed by atoms with van der Waals surface area (Å²) in [6.45, 7) is 8.88. The molecule has 0 aliphatic heterocycles. The van der Waals surface area contributed by atoms with Crippen molar-refractivity contribution in [3.63, 3.8) is 0 Å². The van der Waals surface area contributed by atoms with Crippen LogP contribution in [-0.4, -0.2) is 25.4 Å². The van der Waals surface area contributed by atoms with Gasteiger partial charge in [0.25, 0.3) is 0 Å². The minimum absolute atomic E-state index is 0.450. The van der Waals surface area contributed by atoms with Crippen molar-refractivity contribution in [2.45, 2.75) is 58.3 Å². The Labute approximate surface area is 117 Å². The van der Waals surface area contributed by atoms with Crippen LogP contribution in [0.4, 0.5) is 0 Å². The summed E-state index contributed by atoms with van der Waals surface area (Å²) < 4.78 is 0. The summed E-state index contributed by atoms with van der Waals surface area (Å²) in [5.41, 5.74) is 2.10. The van der Waals surface area contributed by atoms with Crippen LogP contribution in [0.2, 0.25) is 19.6 Å². The number of aliphatic imine (C=N–C) groups is 1. The van der Waals surface area contributed by atoms with Gasteiger partial charge < -0.3 is 5.11 Å². The zero-order valence-electron chi connectivity index (χ0n) is 12.5.